The van der Waals surface area contributed by atoms with Gasteiger partial charge in [0.1, 0.15) is 0 Å². The van der Waals surface area contributed by atoms with Gasteiger partial charge in [-0.1, -0.05) is 42.5 Å². The van der Waals surface area contributed by atoms with Crippen LogP contribution in [0.1, 0.15) is 24.1 Å². The Kier molecular flexibility index (Phi) is 3.38. The van der Waals surface area contributed by atoms with Crippen LogP contribution in [0.4, 0.5) is 5.69 Å². The molecule has 100 valence electrons. The van der Waals surface area contributed by atoms with E-state index < -0.39 is 0 Å². The molecule has 1 heterocycles. The molecule has 0 saturated carbocycles. The lowest BCUT2D eigenvalue weighted by atomic mass is 9.99. The van der Waals surface area contributed by atoms with Gasteiger partial charge in [-0.2, -0.15) is 0 Å². The Morgan fingerprint density at radius 1 is 1.00 bits per heavy atom. The largest absolute Gasteiger partial charge is 0.377 e. The first kappa shape index (κ1) is 12.7. The minimum Gasteiger partial charge on any atom is -0.377 e. The molecule has 3 rings (SSSR count). The maximum atomic E-state index is 4.19. The first-order valence-electron chi connectivity index (χ1n) is 6.90. The fraction of sp³-hybridized carbons (Fsp3) is 0.167. The summed E-state index contributed by atoms with van der Waals surface area (Å²) in [6.45, 7) is 4.29. The van der Waals surface area contributed by atoms with Crippen LogP contribution in [0.3, 0.4) is 0 Å². The zero-order valence-corrected chi connectivity index (χ0v) is 11.8. The van der Waals surface area contributed by atoms with Crippen molar-refractivity contribution in [2.24, 2.45) is 0 Å². The summed E-state index contributed by atoms with van der Waals surface area (Å²) in [5.41, 5.74) is 3.62. The van der Waals surface area contributed by atoms with Gasteiger partial charge in [0.15, 0.2) is 0 Å². The quantitative estimate of drug-likeness (QED) is 0.739. The summed E-state index contributed by atoms with van der Waals surface area (Å²) in [6.07, 6.45) is 3.71. The molecule has 0 bridgehead atoms. The highest BCUT2D eigenvalue weighted by molar-refractivity contribution is 5.86. The highest BCUT2D eigenvalue weighted by Crippen LogP contribution is 2.27. The van der Waals surface area contributed by atoms with Gasteiger partial charge >= 0.3 is 0 Å². The van der Waals surface area contributed by atoms with Crippen LogP contribution in [0.25, 0.3) is 10.8 Å². The normalized spacial score (nSPS) is 12.3. The van der Waals surface area contributed by atoms with Gasteiger partial charge in [-0.3, -0.25) is 4.98 Å². The van der Waals surface area contributed by atoms with Crippen molar-refractivity contribution in [2.45, 2.75) is 19.9 Å². The first-order chi connectivity index (χ1) is 9.75. The van der Waals surface area contributed by atoms with Crippen molar-refractivity contribution >= 4 is 16.5 Å². The average molecular weight is 262 g/mol. The third kappa shape index (κ3) is 2.37. The number of pyridine rings is 1. The van der Waals surface area contributed by atoms with E-state index in [1.807, 2.05) is 18.5 Å². The third-order valence-electron chi connectivity index (χ3n) is 3.70. The van der Waals surface area contributed by atoms with E-state index in [2.05, 4.69) is 66.6 Å². The van der Waals surface area contributed by atoms with Gasteiger partial charge in [0.25, 0.3) is 0 Å². The van der Waals surface area contributed by atoms with Crippen LogP contribution in [0.15, 0.2) is 60.9 Å². The molecule has 0 radical (unpaired) electrons. The van der Waals surface area contributed by atoms with E-state index in [1.165, 1.54) is 21.9 Å². The molecule has 0 aliphatic carbocycles. The van der Waals surface area contributed by atoms with E-state index in [4.69, 9.17) is 0 Å². The van der Waals surface area contributed by atoms with Crippen molar-refractivity contribution in [3.05, 3.63) is 72.1 Å². The molecule has 20 heavy (non-hydrogen) atoms. The molecule has 1 atom stereocenters. The number of hydrogen-bond donors (Lipinski definition) is 1. The third-order valence-corrected chi connectivity index (χ3v) is 3.70. The summed E-state index contributed by atoms with van der Waals surface area (Å²) in [6, 6.07) is 17.2. The highest BCUT2D eigenvalue weighted by atomic mass is 14.9. The van der Waals surface area contributed by atoms with E-state index in [-0.39, 0.29) is 6.04 Å². The number of aryl methyl sites for hydroxylation is 1. The fourth-order valence-corrected chi connectivity index (χ4v) is 2.55. The minimum absolute atomic E-state index is 0.240. The molecule has 0 spiro atoms. The standard InChI is InChI=1S/C18H18N2/c1-13-10-11-19-12-18(13)20-14(2)16-9-5-7-15-6-3-4-8-17(15)16/h3-12,14,20H,1-2H3. The number of anilines is 1. The summed E-state index contributed by atoms with van der Waals surface area (Å²) in [7, 11) is 0. The summed E-state index contributed by atoms with van der Waals surface area (Å²) in [4.78, 5) is 4.19. The minimum atomic E-state index is 0.240. The van der Waals surface area contributed by atoms with Crippen LogP contribution in [-0.4, -0.2) is 4.98 Å². The van der Waals surface area contributed by atoms with Crippen molar-refractivity contribution in [3.63, 3.8) is 0 Å². The molecule has 1 N–H and O–H groups in total. The van der Waals surface area contributed by atoms with Crippen LogP contribution in [-0.2, 0) is 0 Å². The van der Waals surface area contributed by atoms with Gasteiger partial charge < -0.3 is 5.32 Å². The molecular formula is C18H18N2. The first-order valence-corrected chi connectivity index (χ1v) is 6.90. The zero-order valence-electron chi connectivity index (χ0n) is 11.8. The van der Waals surface area contributed by atoms with E-state index >= 15 is 0 Å². The van der Waals surface area contributed by atoms with E-state index in [9.17, 15) is 0 Å². The molecular weight excluding hydrogens is 244 g/mol. The molecule has 0 aliphatic rings. The second-order valence-corrected chi connectivity index (χ2v) is 5.12. The van der Waals surface area contributed by atoms with E-state index in [0.717, 1.165) is 5.69 Å². The summed E-state index contributed by atoms with van der Waals surface area (Å²) in [5.74, 6) is 0. The number of fused-ring (bicyclic) bond motifs is 1. The van der Waals surface area contributed by atoms with Crippen LogP contribution < -0.4 is 5.32 Å². The lowest BCUT2D eigenvalue weighted by molar-refractivity contribution is 0.890. The Morgan fingerprint density at radius 3 is 2.65 bits per heavy atom. The summed E-state index contributed by atoms with van der Waals surface area (Å²) >= 11 is 0. The lowest BCUT2D eigenvalue weighted by Crippen LogP contribution is -2.08. The summed E-state index contributed by atoms with van der Waals surface area (Å²) in [5, 5.41) is 6.14. The van der Waals surface area contributed by atoms with E-state index in [1.54, 1.807) is 0 Å². The Bertz CT molecular complexity index is 729. The van der Waals surface area contributed by atoms with Gasteiger partial charge in [0, 0.05) is 12.2 Å². The predicted molar refractivity (Wildman–Crippen MR) is 85.0 cm³/mol. The Balaban J connectivity index is 1.97. The van der Waals surface area contributed by atoms with Crippen LogP contribution in [0.5, 0.6) is 0 Å². The number of benzene rings is 2. The Morgan fingerprint density at radius 2 is 1.80 bits per heavy atom. The average Bonchev–Trinajstić information content (AvgIpc) is 2.49. The number of aromatic nitrogens is 1. The van der Waals surface area contributed by atoms with Crippen molar-refractivity contribution in [1.29, 1.82) is 0 Å². The molecule has 1 aromatic heterocycles. The number of rotatable bonds is 3. The maximum absolute atomic E-state index is 4.19. The molecule has 0 aliphatic heterocycles. The van der Waals surface area contributed by atoms with Gasteiger partial charge in [-0.25, -0.2) is 0 Å². The SMILES string of the molecule is Cc1ccncc1NC(C)c1cccc2ccccc12. The van der Waals surface area contributed by atoms with Crippen molar-refractivity contribution in [2.75, 3.05) is 5.32 Å². The number of nitrogens with zero attached hydrogens (tertiary/aromatic N) is 1. The van der Waals surface area contributed by atoms with Crippen LogP contribution in [0, 0.1) is 6.92 Å². The predicted octanol–water partition coefficient (Wildman–Crippen LogP) is 4.72. The van der Waals surface area contributed by atoms with Crippen LogP contribution >= 0.6 is 0 Å². The highest BCUT2D eigenvalue weighted by Gasteiger charge is 2.09. The second kappa shape index (κ2) is 5.33. The molecule has 0 saturated heterocycles. The van der Waals surface area contributed by atoms with Crippen molar-refractivity contribution in [1.82, 2.24) is 4.98 Å². The van der Waals surface area contributed by atoms with Gasteiger partial charge in [0.05, 0.1) is 11.9 Å². The molecule has 2 aromatic carbocycles. The molecule has 0 fully saturated rings. The molecule has 2 nitrogen and oxygen atoms in total. The molecule has 0 amide bonds. The fourth-order valence-electron chi connectivity index (χ4n) is 2.55. The Labute approximate surface area is 119 Å². The lowest BCUT2D eigenvalue weighted by Gasteiger charge is -2.18. The number of hydrogen-bond acceptors (Lipinski definition) is 2. The van der Waals surface area contributed by atoms with Crippen LogP contribution in [0.2, 0.25) is 0 Å². The smallest absolute Gasteiger partial charge is 0.0561 e. The monoisotopic (exact) mass is 262 g/mol. The molecule has 2 heteroatoms. The van der Waals surface area contributed by atoms with Crippen molar-refractivity contribution < 1.29 is 0 Å². The zero-order chi connectivity index (χ0) is 13.9. The topological polar surface area (TPSA) is 24.9 Å². The Hall–Kier alpha value is -2.35. The second-order valence-electron chi connectivity index (χ2n) is 5.12. The maximum Gasteiger partial charge on any atom is 0.0561 e. The van der Waals surface area contributed by atoms with E-state index in [0.29, 0.717) is 0 Å². The van der Waals surface area contributed by atoms with Gasteiger partial charge in [-0.05, 0) is 41.8 Å². The summed E-state index contributed by atoms with van der Waals surface area (Å²) < 4.78 is 0. The van der Waals surface area contributed by atoms with Gasteiger partial charge in [0.2, 0.25) is 0 Å². The van der Waals surface area contributed by atoms with Crippen molar-refractivity contribution in [3.8, 4) is 0 Å². The van der Waals surface area contributed by atoms with Gasteiger partial charge in [-0.15, -0.1) is 0 Å². The molecule has 3 aromatic rings. The molecule has 1 unspecified atom stereocenters. The number of nitrogens with one attached hydrogen (secondary N) is 1.